The minimum atomic E-state index is -0.934. The Kier molecular flexibility index (Phi) is 4.73. The summed E-state index contributed by atoms with van der Waals surface area (Å²) in [4.78, 5) is 24.8. The third-order valence-corrected chi connectivity index (χ3v) is 3.47. The SMILES string of the molecule is CCCC[C@H](N)C(=O)N1CC(C)(C)C[C@H]1C(=O)O. The first-order valence-corrected chi connectivity index (χ1v) is 6.57. The standard InChI is InChI=1S/C13H24N2O3/c1-4-5-6-9(14)11(16)15-8-13(2,3)7-10(15)12(17)18/h9-10H,4-8,14H2,1-3H3,(H,17,18)/t9-,10-/m0/s1. The number of hydrogen-bond donors (Lipinski definition) is 2. The monoisotopic (exact) mass is 256 g/mol. The van der Waals surface area contributed by atoms with Crippen molar-refractivity contribution in [2.24, 2.45) is 11.1 Å². The quantitative estimate of drug-likeness (QED) is 0.774. The summed E-state index contributed by atoms with van der Waals surface area (Å²) in [6.45, 7) is 6.47. The van der Waals surface area contributed by atoms with Crippen LogP contribution in [-0.2, 0) is 9.59 Å². The molecule has 1 amide bonds. The van der Waals surface area contributed by atoms with Gasteiger partial charge in [-0.2, -0.15) is 0 Å². The molecule has 1 heterocycles. The van der Waals surface area contributed by atoms with Gasteiger partial charge in [-0.25, -0.2) is 4.79 Å². The molecule has 0 radical (unpaired) electrons. The van der Waals surface area contributed by atoms with Gasteiger partial charge < -0.3 is 15.7 Å². The number of carboxylic acids is 1. The lowest BCUT2D eigenvalue weighted by Gasteiger charge is -2.25. The van der Waals surface area contributed by atoms with Gasteiger partial charge in [-0.1, -0.05) is 33.6 Å². The largest absolute Gasteiger partial charge is 0.480 e. The summed E-state index contributed by atoms with van der Waals surface area (Å²) in [6, 6.07) is -1.29. The predicted molar refractivity (Wildman–Crippen MR) is 69.0 cm³/mol. The van der Waals surface area contributed by atoms with Crippen molar-refractivity contribution in [1.82, 2.24) is 4.90 Å². The van der Waals surface area contributed by atoms with Crippen molar-refractivity contribution >= 4 is 11.9 Å². The van der Waals surface area contributed by atoms with E-state index in [9.17, 15) is 14.7 Å². The van der Waals surface area contributed by atoms with Gasteiger partial charge in [-0.15, -0.1) is 0 Å². The molecule has 1 aliphatic rings. The third kappa shape index (κ3) is 3.45. The van der Waals surface area contributed by atoms with Crippen molar-refractivity contribution in [1.29, 1.82) is 0 Å². The Balaban J connectivity index is 2.73. The molecule has 1 saturated heterocycles. The summed E-state index contributed by atoms with van der Waals surface area (Å²) < 4.78 is 0. The van der Waals surface area contributed by atoms with E-state index in [4.69, 9.17) is 5.73 Å². The van der Waals surface area contributed by atoms with E-state index in [0.29, 0.717) is 19.4 Å². The van der Waals surface area contributed by atoms with Crippen LogP contribution in [0, 0.1) is 5.41 Å². The number of aliphatic carboxylic acids is 1. The Hall–Kier alpha value is -1.10. The molecule has 0 unspecified atom stereocenters. The van der Waals surface area contributed by atoms with E-state index < -0.39 is 18.1 Å². The summed E-state index contributed by atoms with van der Waals surface area (Å²) in [7, 11) is 0. The Morgan fingerprint density at radius 3 is 2.61 bits per heavy atom. The van der Waals surface area contributed by atoms with Gasteiger partial charge in [0, 0.05) is 6.54 Å². The molecule has 5 heteroatoms. The van der Waals surface area contributed by atoms with Crippen molar-refractivity contribution in [3.05, 3.63) is 0 Å². The molecule has 0 saturated carbocycles. The molecule has 0 spiro atoms. The van der Waals surface area contributed by atoms with Crippen LogP contribution < -0.4 is 5.73 Å². The molecule has 3 N–H and O–H groups in total. The smallest absolute Gasteiger partial charge is 0.326 e. The summed E-state index contributed by atoms with van der Waals surface area (Å²) in [5.41, 5.74) is 5.70. The maximum absolute atomic E-state index is 12.2. The number of carboxylic acid groups (broad SMARTS) is 1. The molecule has 1 aliphatic heterocycles. The first-order valence-electron chi connectivity index (χ1n) is 6.57. The molecule has 5 nitrogen and oxygen atoms in total. The number of nitrogens with two attached hydrogens (primary N) is 1. The first-order chi connectivity index (χ1) is 8.28. The number of carbonyl (C=O) groups excluding carboxylic acids is 1. The third-order valence-electron chi connectivity index (χ3n) is 3.47. The van der Waals surface area contributed by atoms with Crippen LogP contribution in [0.15, 0.2) is 0 Å². The van der Waals surface area contributed by atoms with Crippen LogP contribution in [0.2, 0.25) is 0 Å². The van der Waals surface area contributed by atoms with Crippen LogP contribution in [0.3, 0.4) is 0 Å². The number of nitrogens with zero attached hydrogens (tertiary/aromatic N) is 1. The second-order valence-corrected chi connectivity index (χ2v) is 5.94. The highest BCUT2D eigenvalue weighted by Crippen LogP contribution is 2.34. The highest BCUT2D eigenvalue weighted by Gasteiger charge is 2.44. The molecule has 1 fully saturated rings. The zero-order chi connectivity index (χ0) is 13.9. The maximum Gasteiger partial charge on any atom is 0.326 e. The predicted octanol–water partition coefficient (Wildman–Crippen LogP) is 1.22. The van der Waals surface area contributed by atoms with Gasteiger partial charge >= 0.3 is 5.97 Å². The lowest BCUT2D eigenvalue weighted by molar-refractivity contribution is -0.148. The Morgan fingerprint density at radius 2 is 2.11 bits per heavy atom. The molecule has 0 bridgehead atoms. The van der Waals surface area contributed by atoms with E-state index in [1.165, 1.54) is 4.90 Å². The molecule has 1 rings (SSSR count). The van der Waals surface area contributed by atoms with E-state index in [0.717, 1.165) is 12.8 Å². The summed E-state index contributed by atoms with van der Waals surface area (Å²) in [5, 5.41) is 9.19. The Labute approximate surface area is 108 Å². The molecule has 0 aromatic carbocycles. The topological polar surface area (TPSA) is 83.6 Å². The number of hydrogen-bond acceptors (Lipinski definition) is 3. The van der Waals surface area contributed by atoms with E-state index in [1.54, 1.807) is 0 Å². The van der Waals surface area contributed by atoms with Crippen LogP contribution >= 0.6 is 0 Å². The zero-order valence-electron chi connectivity index (χ0n) is 11.5. The molecule has 0 aliphatic carbocycles. The second-order valence-electron chi connectivity index (χ2n) is 5.94. The fraction of sp³-hybridized carbons (Fsp3) is 0.846. The second kappa shape index (κ2) is 5.69. The summed E-state index contributed by atoms with van der Waals surface area (Å²) >= 11 is 0. The normalized spacial score (nSPS) is 24.0. The number of carbonyl (C=O) groups is 2. The van der Waals surface area contributed by atoms with E-state index in [-0.39, 0.29) is 11.3 Å². The number of likely N-dealkylation sites (tertiary alicyclic amines) is 1. The fourth-order valence-electron chi connectivity index (χ4n) is 2.48. The van der Waals surface area contributed by atoms with E-state index in [2.05, 4.69) is 0 Å². The lowest BCUT2D eigenvalue weighted by atomic mass is 9.91. The van der Waals surface area contributed by atoms with Gasteiger partial charge in [0.05, 0.1) is 6.04 Å². The van der Waals surface area contributed by atoms with Crippen molar-refractivity contribution < 1.29 is 14.7 Å². The first kappa shape index (κ1) is 15.0. The number of rotatable bonds is 5. The highest BCUT2D eigenvalue weighted by molar-refractivity contribution is 5.87. The molecule has 0 aromatic rings. The van der Waals surface area contributed by atoms with E-state index in [1.807, 2.05) is 20.8 Å². The average molecular weight is 256 g/mol. The zero-order valence-corrected chi connectivity index (χ0v) is 11.5. The number of unbranched alkanes of at least 4 members (excludes halogenated alkanes) is 1. The minimum Gasteiger partial charge on any atom is -0.480 e. The van der Waals surface area contributed by atoms with Crippen LogP contribution in [0.5, 0.6) is 0 Å². The van der Waals surface area contributed by atoms with E-state index >= 15 is 0 Å². The van der Waals surface area contributed by atoms with Gasteiger partial charge in [-0.05, 0) is 18.3 Å². The molecular weight excluding hydrogens is 232 g/mol. The average Bonchev–Trinajstić information content (AvgIpc) is 2.61. The minimum absolute atomic E-state index is 0.150. The highest BCUT2D eigenvalue weighted by atomic mass is 16.4. The van der Waals surface area contributed by atoms with Gasteiger partial charge in [0.15, 0.2) is 0 Å². The van der Waals surface area contributed by atoms with Crippen molar-refractivity contribution in [3.63, 3.8) is 0 Å². The Morgan fingerprint density at radius 1 is 1.50 bits per heavy atom. The van der Waals surface area contributed by atoms with Crippen LogP contribution in [0.4, 0.5) is 0 Å². The van der Waals surface area contributed by atoms with Crippen LogP contribution in [-0.4, -0.2) is 40.5 Å². The molecule has 2 atom stereocenters. The summed E-state index contributed by atoms with van der Waals surface area (Å²) in [5.74, 6) is -1.15. The van der Waals surface area contributed by atoms with Crippen LogP contribution in [0.1, 0.15) is 46.5 Å². The van der Waals surface area contributed by atoms with Crippen molar-refractivity contribution in [3.8, 4) is 0 Å². The van der Waals surface area contributed by atoms with Crippen molar-refractivity contribution in [2.75, 3.05) is 6.54 Å². The van der Waals surface area contributed by atoms with Crippen LogP contribution in [0.25, 0.3) is 0 Å². The molecule has 0 aromatic heterocycles. The van der Waals surface area contributed by atoms with Gasteiger partial charge in [0.1, 0.15) is 6.04 Å². The molecular formula is C13H24N2O3. The lowest BCUT2D eigenvalue weighted by Crippen LogP contribution is -2.48. The maximum atomic E-state index is 12.2. The fourth-order valence-corrected chi connectivity index (χ4v) is 2.48. The van der Waals surface area contributed by atoms with Gasteiger partial charge in [0.2, 0.25) is 5.91 Å². The van der Waals surface area contributed by atoms with Gasteiger partial charge in [-0.3, -0.25) is 4.79 Å². The summed E-state index contributed by atoms with van der Waals surface area (Å²) in [6.07, 6.45) is 2.99. The Bertz CT molecular complexity index is 328. The number of amides is 1. The molecule has 18 heavy (non-hydrogen) atoms. The van der Waals surface area contributed by atoms with Crippen molar-refractivity contribution in [2.45, 2.75) is 58.5 Å². The van der Waals surface area contributed by atoms with Gasteiger partial charge in [0.25, 0.3) is 0 Å². The molecule has 104 valence electrons.